The first kappa shape index (κ1) is 18.3. The molecule has 0 fully saturated rings. The molecule has 1 heterocycles. The van der Waals surface area contributed by atoms with Gasteiger partial charge >= 0.3 is 0 Å². The molecule has 0 unspecified atom stereocenters. The highest BCUT2D eigenvalue weighted by atomic mass is 127. The number of carbonyl (C=O) groups excluding carboxylic acids is 1. The van der Waals surface area contributed by atoms with Gasteiger partial charge in [-0.1, -0.05) is 30.1 Å². The molecule has 0 saturated heterocycles. The number of halogens is 3. The second-order valence-corrected chi connectivity index (χ2v) is 7.49. The van der Waals surface area contributed by atoms with Crippen LogP contribution in [-0.2, 0) is 6.42 Å². The molecule has 3 aromatic rings. The highest BCUT2D eigenvalue weighted by molar-refractivity contribution is 14.1. The van der Waals surface area contributed by atoms with E-state index in [1.54, 1.807) is 30.3 Å². The second kappa shape index (κ2) is 7.81. The summed E-state index contributed by atoms with van der Waals surface area (Å²) in [6.45, 7) is 2.05. The molecule has 0 aliphatic carbocycles. The van der Waals surface area contributed by atoms with Gasteiger partial charge in [-0.2, -0.15) is 0 Å². The maximum absolute atomic E-state index is 12.5. The number of carbonyl (C=O) groups is 1. The number of rotatable bonds is 4. The van der Waals surface area contributed by atoms with Gasteiger partial charge in [-0.05, 0) is 83.1 Å². The lowest BCUT2D eigenvalue weighted by Crippen LogP contribution is -2.12. The van der Waals surface area contributed by atoms with E-state index < -0.39 is 0 Å². The highest BCUT2D eigenvalue weighted by Crippen LogP contribution is 2.32. The maximum Gasteiger partial charge on any atom is 0.291 e. The quantitative estimate of drug-likeness (QED) is 0.419. The minimum atomic E-state index is -0.305. The zero-order valence-electron chi connectivity index (χ0n) is 13.3. The molecular formula is C19H14Cl2INO2. The molecule has 1 N–H and O–H groups in total. The van der Waals surface area contributed by atoms with Crippen molar-refractivity contribution in [1.29, 1.82) is 0 Å². The zero-order valence-corrected chi connectivity index (χ0v) is 16.9. The summed E-state index contributed by atoms with van der Waals surface area (Å²) in [6.07, 6.45) is 0.827. The molecule has 2 aromatic carbocycles. The lowest BCUT2D eigenvalue weighted by atomic mass is 10.1. The molecular weight excluding hydrogens is 472 g/mol. The Hall–Kier alpha value is -1.50. The Kier molecular flexibility index (Phi) is 5.71. The number of amides is 1. The van der Waals surface area contributed by atoms with Crippen molar-refractivity contribution in [2.75, 3.05) is 5.32 Å². The smallest absolute Gasteiger partial charge is 0.291 e. The molecule has 1 amide bonds. The third-order valence-electron chi connectivity index (χ3n) is 3.72. The van der Waals surface area contributed by atoms with Gasteiger partial charge in [0.1, 0.15) is 5.76 Å². The van der Waals surface area contributed by atoms with Crippen molar-refractivity contribution in [1.82, 2.24) is 0 Å². The number of furan rings is 1. The van der Waals surface area contributed by atoms with E-state index in [4.69, 9.17) is 27.6 Å². The zero-order chi connectivity index (χ0) is 18.0. The summed E-state index contributed by atoms with van der Waals surface area (Å²) in [6, 6.07) is 14.3. The Labute approximate surface area is 169 Å². The molecule has 3 nitrogen and oxygen atoms in total. The standard InChI is InChI=1S/C19H14Cl2INO2/c1-2-11-9-13(22)4-6-16(11)23-19(24)18-8-7-17(25-18)14-10-12(20)3-5-15(14)21/h3-10H,2H2,1H3,(H,23,24). The van der Waals surface area contributed by atoms with Crippen molar-refractivity contribution in [3.63, 3.8) is 0 Å². The number of hydrogen-bond donors (Lipinski definition) is 1. The fourth-order valence-electron chi connectivity index (χ4n) is 2.45. The van der Waals surface area contributed by atoms with E-state index in [0.29, 0.717) is 21.4 Å². The van der Waals surface area contributed by atoms with E-state index in [2.05, 4.69) is 34.0 Å². The van der Waals surface area contributed by atoms with Crippen molar-refractivity contribution < 1.29 is 9.21 Å². The minimum Gasteiger partial charge on any atom is -0.451 e. The Morgan fingerprint density at radius 3 is 2.68 bits per heavy atom. The van der Waals surface area contributed by atoms with Crippen LogP contribution in [0, 0.1) is 3.57 Å². The molecule has 1 aromatic heterocycles. The number of hydrogen-bond acceptors (Lipinski definition) is 2. The first-order valence-electron chi connectivity index (χ1n) is 7.63. The molecule has 0 aliphatic rings. The summed E-state index contributed by atoms with van der Waals surface area (Å²) >= 11 is 14.4. The second-order valence-electron chi connectivity index (χ2n) is 5.40. The normalized spacial score (nSPS) is 10.7. The molecule has 0 spiro atoms. The number of aryl methyl sites for hydroxylation is 1. The summed E-state index contributed by atoms with van der Waals surface area (Å²) in [5, 5.41) is 3.96. The molecule has 25 heavy (non-hydrogen) atoms. The van der Waals surface area contributed by atoms with E-state index in [9.17, 15) is 4.79 Å². The monoisotopic (exact) mass is 485 g/mol. The van der Waals surface area contributed by atoms with Crippen LogP contribution in [0.4, 0.5) is 5.69 Å². The van der Waals surface area contributed by atoms with Gasteiger partial charge in [-0.15, -0.1) is 0 Å². The Morgan fingerprint density at radius 1 is 1.12 bits per heavy atom. The SMILES string of the molecule is CCc1cc(I)ccc1NC(=O)c1ccc(-c2cc(Cl)ccc2Cl)o1. The van der Waals surface area contributed by atoms with Crippen molar-refractivity contribution in [2.45, 2.75) is 13.3 Å². The van der Waals surface area contributed by atoms with Gasteiger partial charge in [0, 0.05) is 19.8 Å². The molecule has 0 aliphatic heterocycles. The van der Waals surface area contributed by atoms with Gasteiger partial charge in [0.25, 0.3) is 5.91 Å². The predicted molar refractivity (Wildman–Crippen MR) is 111 cm³/mol. The highest BCUT2D eigenvalue weighted by Gasteiger charge is 2.15. The average molecular weight is 486 g/mol. The summed E-state index contributed by atoms with van der Waals surface area (Å²) in [4.78, 5) is 12.5. The Morgan fingerprint density at radius 2 is 1.92 bits per heavy atom. The van der Waals surface area contributed by atoms with E-state index >= 15 is 0 Å². The van der Waals surface area contributed by atoms with Gasteiger partial charge < -0.3 is 9.73 Å². The fourth-order valence-corrected chi connectivity index (χ4v) is 3.39. The van der Waals surface area contributed by atoms with E-state index in [1.165, 1.54) is 0 Å². The van der Waals surface area contributed by atoms with Crippen LogP contribution in [0.5, 0.6) is 0 Å². The van der Waals surface area contributed by atoms with Crippen LogP contribution in [-0.4, -0.2) is 5.91 Å². The average Bonchev–Trinajstić information content (AvgIpc) is 3.08. The molecule has 0 atom stereocenters. The van der Waals surface area contributed by atoms with Crippen LogP contribution in [0.3, 0.4) is 0 Å². The third kappa shape index (κ3) is 4.19. The lowest BCUT2D eigenvalue weighted by Gasteiger charge is -2.09. The van der Waals surface area contributed by atoms with Crippen molar-refractivity contribution in [3.05, 3.63) is 73.5 Å². The molecule has 0 radical (unpaired) electrons. The van der Waals surface area contributed by atoms with Gasteiger partial charge in [0.15, 0.2) is 5.76 Å². The predicted octanol–water partition coefficient (Wildman–Crippen LogP) is 6.67. The summed E-state index contributed by atoms with van der Waals surface area (Å²) < 4.78 is 6.81. The van der Waals surface area contributed by atoms with Gasteiger partial charge in [0.2, 0.25) is 0 Å². The summed E-state index contributed by atoms with van der Waals surface area (Å²) in [5.41, 5.74) is 2.51. The lowest BCUT2D eigenvalue weighted by molar-refractivity contribution is 0.0997. The van der Waals surface area contributed by atoms with Gasteiger partial charge in [0.05, 0.1) is 5.02 Å². The van der Waals surface area contributed by atoms with Crippen LogP contribution in [0.25, 0.3) is 11.3 Å². The van der Waals surface area contributed by atoms with Gasteiger partial charge in [-0.25, -0.2) is 0 Å². The van der Waals surface area contributed by atoms with Crippen molar-refractivity contribution in [3.8, 4) is 11.3 Å². The van der Waals surface area contributed by atoms with E-state index in [-0.39, 0.29) is 11.7 Å². The van der Waals surface area contributed by atoms with Crippen LogP contribution < -0.4 is 5.32 Å². The first-order chi connectivity index (χ1) is 12.0. The Bertz CT molecular complexity index is 937. The van der Waals surface area contributed by atoms with Crippen LogP contribution in [0.15, 0.2) is 52.9 Å². The first-order valence-corrected chi connectivity index (χ1v) is 9.46. The number of anilines is 1. The summed E-state index contributed by atoms with van der Waals surface area (Å²) in [7, 11) is 0. The van der Waals surface area contributed by atoms with Crippen LogP contribution in [0.1, 0.15) is 23.0 Å². The largest absolute Gasteiger partial charge is 0.451 e. The molecule has 3 rings (SSSR count). The Balaban J connectivity index is 1.85. The maximum atomic E-state index is 12.5. The number of benzene rings is 2. The number of nitrogens with one attached hydrogen (secondary N) is 1. The molecule has 0 bridgehead atoms. The van der Waals surface area contributed by atoms with Crippen LogP contribution >= 0.6 is 45.8 Å². The van der Waals surface area contributed by atoms with Crippen LogP contribution in [0.2, 0.25) is 10.0 Å². The molecule has 0 saturated carbocycles. The molecule has 6 heteroatoms. The van der Waals surface area contributed by atoms with Crippen molar-refractivity contribution >= 4 is 57.4 Å². The topological polar surface area (TPSA) is 42.2 Å². The summed E-state index contributed by atoms with van der Waals surface area (Å²) in [5.74, 6) is 0.405. The molecule has 128 valence electrons. The van der Waals surface area contributed by atoms with Gasteiger partial charge in [-0.3, -0.25) is 4.79 Å². The van der Waals surface area contributed by atoms with Crippen molar-refractivity contribution in [2.24, 2.45) is 0 Å². The fraction of sp³-hybridized carbons (Fsp3) is 0.105. The third-order valence-corrected chi connectivity index (χ3v) is 4.96. The minimum absolute atomic E-state index is 0.214. The van der Waals surface area contributed by atoms with E-state index in [0.717, 1.165) is 21.2 Å². The van der Waals surface area contributed by atoms with E-state index in [1.807, 2.05) is 19.1 Å².